The zero-order valence-corrected chi connectivity index (χ0v) is 17.3. The van der Waals surface area contributed by atoms with Gasteiger partial charge in [0.25, 0.3) is 0 Å². The van der Waals surface area contributed by atoms with Crippen LogP contribution in [0.1, 0.15) is 44.3 Å². The minimum Gasteiger partial charge on any atom is -0.447 e. The maximum atomic E-state index is 14.9. The van der Waals surface area contributed by atoms with E-state index < -0.39 is 40.4 Å². The molecule has 2 aliphatic heterocycles. The Morgan fingerprint density at radius 2 is 2.00 bits per heavy atom. The van der Waals surface area contributed by atoms with E-state index in [2.05, 4.69) is 22.0 Å². The molecule has 148 valence electrons. The summed E-state index contributed by atoms with van der Waals surface area (Å²) in [5.74, 6) is -2.75. The van der Waals surface area contributed by atoms with Gasteiger partial charge in [0.1, 0.15) is 11.9 Å². The Labute approximate surface area is 176 Å². The Kier molecular flexibility index (Phi) is 4.46. The summed E-state index contributed by atoms with van der Waals surface area (Å²) in [4.78, 5) is 0. The molecule has 1 aromatic rings. The normalized spacial score (nSPS) is 36.8. The number of ether oxygens (including phenoxy) is 2. The minimum atomic E-state index is -2.12. The molecule has 0 radical (unpaired) electrons. The molecule has 5 atom stereocenters. The van der Waals surface area contributed by atoms with Gasteiger partial charge in [0.2, 0.25) is 17.1 Å². The van der Waals surface area contributed by atoms with Gasteiger partial charge in [0.15, 0.2) is 5.41 Å². The molecule has 0 spiro atoms. The van der Waals surface area contributed by atoms with Crippen molar-refractivity contribution in [3.8, 4) is 18.2 Å². The third-order valence-corrected chi connectivity index (χ3v) is 7.33. The second kappa shape index (κ2) is 6.52. The molecule has 4 rings (SSSR count). The van der Waals surface area contributed by atoms with Gasteiger partial charge in [0, 0.05) is 16.5 Å². The molecule has 29 heavy (non-hydrogen) atoms. The van der Waals surface area contributed by atoms with E-state index >= 15 is 0 Å². The number of benzene rings is 1. The molecule has 0 amide bonds. The molecule has 2 heterocycles. The number of hydrogen-bond donors (Lipinski definition) is 1. The summed E-state index contributed by atoms with van der Waals surface area (Å²) >= 11 is 3.20. The second-order valence-electron chi connectivity index (χ2n) is 7.96. The zero-order chi connectivity index (χ0) is 21.0. The SMILES string of the molecule is CCC1CCC23OC(=N)C(C#N)(C2C1)C(C#N)(C#N)C(c1ccc(Br)cc1F)O3. The Hall–Kier alpha value is -2.47. The molecule has 5 unspecified atom stereocenters. The third kappa shape index (κ3) is 2.29. The Bertz CT molecular complexity index is 1010. The van der Waals surface area contributed by atoms with Crippen molar-refractivity contribution in [1.29, 1.82) is 21.2 Å². The number of nitrogens with zero attached hydrogens (tertiary/aromatic N) is 3. The van der Waals surface area contributed by atoms with Crippen molar-refractivity contribution in [2.45, 2.75) is 44.5 Å². The molecule has 1 saturated carbocycles. The molecule has 1 aliphatic carbocycles. The highest BCUT2D eigenvalue weighted by Gasteiger charge is 2.81. The van der Waals surface area contributed by atoms with E-state index in [9.17, 15) is 20.2 Å². The highest BCUT2D eigenvalue weighted by atomic mass is 79.9. The van der Waals surface area contributed by atoms with Crippen LogP contribution in [-0.2, 0) is 9.47 Å². The summed E-state index contributed by atoms with van der Waals surface area (Å²) in [6, 6.07) is 10.3. The topological polar surface area (TPSA) is 114 Å². The standard InChI is InChI=1S/C21H18BrFN4O2/c1-2-12-5-6-21-16(7-12)20(11-26,18(27)29-21)19(9-24,10-25)17(28-21)14-4-3-13(22)8-15(14)23/h3-4,8,12,16-17,27H,2,5-7H2,1H3. The molecule has 3 fully saturated rings. The summed E-state index contributed by atoms with van der Waals surface area (Å²) in [6.07, 6.45) is 1.21. The Morgan fingerprint density at radius 1 is 1.28 bits per heavy atom. The van der Waals surface area contributed by atoms with Crippen LogP contribution >= 0.6 is 15.9 Å². The lowest BCUT2D eigenvalue weighted by molar-refractivity contribution is -0.299. The molecule has 2 bridgehead atoms. The molecule has 0 aromatic heterocycles. The van der Waals surface area contributed by atoms with Gasteiger partial charge < -0.3 is 9.47 Å². The summed E-state index contributed by atoms with van der Waals surface area (Å²) in [7, 11) is 0. The number of halogens is 2. The molecule has 1 aromatic carbocycles. The van der Waals surface area contributed by atoms with E-state index in [1.54, 1.807) is 6.07 Å². The van der Waals surface area contributed by atoms with Crippen LogP contribution in [0.2, 0.25) is 0 Å². The smallest absolute Gasteiger partial charge is 0.217 e. The predicted octanol–water partition coefficient (Wildman–Crippen LogP) is 4.73. The molecule has 1 N–H and O–H groups in total. The average Bonchev–Trinajstić information content (AvgIpc) is 2.92. The number of nitrogens with one attached hydrogen (secondary N) is 1. The quantitative estimate of drug-likeness (QED) is 0.690. The first-order chi connectivity index (χ1) is 13.8. The molecule has 2 saturated heterocycles. The Morgan fingerprint density at radius 3 is 2.59 bits per heavy atom. The van der Waals surface area contributed by atoms with Gasteiger partial charge in [-0.1, -0.05) is 35.3 Å². The van der Waals surface area contributed by atoms with Gasteiger partial charge in [-0.15, -0.1) is 0 Å². The van der Waals surface area contributed by atoms with Gasteiger partial charge in [-0.3, -0.25) is 5.41 Å². The monoisotopic (exact) mass is 456 g/mol. The lowest BCUT2D eigenvalue weighted by Crippen LogP contribution is -2.61. The summed E-state index contributed by atoms with van der Waals surface area (Å²) in [5, 5.41) is 39.1. The van der Waals surface area contributed by atoms with Gasteiger partial charge in [-0.2, -0.15) is 15.8 Å². The largest absolute Gasteiger partial charge is 0.447 e. The molecular weight excluding hydrogens is 439 g/mol. The highest BCUT2D eigenvalue weighted by molar-refractivity contribution is 9.10. The first kappa shape index (κ1) is 19.8. The number of rotatable bonds is 2. The van der Waals surface area contributed by atoms with E-state index in [0.717, 1.165) is 12.8 Å². The number of nitriles is 3. The van der Waals surface area contributed by atoms with E-state index in [-0.39, 0.29) is 11.5 Å². The van der Waals surface area contributed by atoms with Crippen molar-refractivity contribution in [2.24, 2.45) is 22.7 Å². The van der Waals surface area contributed by atoms with Gasteiger partial charge >= 0.3 is 0 Å². The van der Waals surface area contributed by atoms with Crippen molar-refractivity contribution >= 4 is 21.8 Å². The van der Waals surface area contributed by atoms with Crippen molar-refractivity contribution < 1.29 is 13.9 Å². The zero-order valence-electron chi connectivity index (χ0n) is 15.7. The van der Waals surface area contributed by atoms with Crippen LogP contribution < -0.4 is 0 Å². The summed E-state index contributed by atoms with van der Waals surface area (Å²) in [6.45, 7) is 2.04. The third-order valence-electron chi connectivity index (χ3n) is 6.84. The van der Waals surface area contributed by atoms with Crippen LogP contribution in [0.4, 0.5) is 4.39 Å². The first-order valence-electron chi connectivity index (χ1n) is 9.48. The van der Waals surface area contributed by atoms with E-state index in [0.29, 0.717) is 17.3 Å². The van der Waals surface area contributed by atoms with Crippen molar-refractivity contribution in [2.75, 3.05) is 0 Å². The average molecular weight is 457 g/mol. The van der Waals surface area contributed by atoms with Crippen LogP contribution in [0.25, 0.3) is 0 Å². The lowest BCUT2D eigenvalue weighted by atomic mass is 9.50. The molecule has 8 heteroatoms. The maximum Gasteiger partial charge on any atom is 0.217 e. The van der Waals surface area contributed by atoms with Crippen molar-refractivity contribution in [3.05, 3.63) is 34.1 Å². The van der Waals surface area contributed by atoms with Crippen LogP contribution in [-0.4, -0.2) is 11.7 Å². The van der Waals surface area contributed by atoms with Gasteiger partial charge in [0.05, 0.1) is 24.1 Å². The van der Waals surface area contributed by atoms with E-state index in [1.807, 2.05) is 19.1 Å². The fraction of sp³-hybridized carbons (Fsp3) is 0.524. The summed E-state index contributed by atoms with van der Waals surface area (Å²) < 4.78 is 27.5. The minimum absolute atomic E-state index is 0.00432. The van der Waals surface area contributed by atoms with E-state index in [1.165, 1.54) is 12.1 Å². The van der Waals surface area contributed by atoms with Gasteiger partial charge in [-0.05, 0) is 30.9 Å². The fourth-order valence-corrected chi connectivity index (χ4v) is 5.61. The van der Waals surface area contributed by atoms with Crippen LogP contribution in [0.5, 0.6) is 0 Å². The lowest BCUT2D eigenvalue weighted by Gasteiger charge is -2.52. The van der Waals surface area contributed by atoms with Gasteiger partial charge in [-0.25, -0.2) is 4.39 Å². The second-order valence-corrected chi connectivity index (χ2v) is 8.88. The fourth-order valence-electron chi connectivity index (χ4n) is 5.28. The number of hydrogen-bond acceptors (Lipinski definition) is 6. The Balaban J connectivity index is 1.99. The predicted molar refractivity (Wildman–Crippen MR) is 102 cm³/mol. The maximum absolute atomic E-state index is 14.9. The van der Waals surface area contributed by atoms with E-state index in [4.69, 9.17) is 14.9 Å². The van der Waals surface area contributed by atoms with Crippen molar-refractivity contribution in [3.63, 3.8) is 0 Å². The van der Waals surface area contributed by atoms with Crippen LogP contribution in [0, 0.1) is 67.9 Å². The molecule has 3 aliphatic rings. The first-order valence-corrected chi connectivity index (χ1v) is 10.3. The van der Waals surface area contributed by atoms with Crippen LogP contribution in [0.3, 0.4) is 0 Å². The molecular formula is C21H18BrFN4O2. The molecule has 6 nitrogen and oxygen atoms in total. The van der Waals surface area contributed by atoms with Crippen molar-refractivity contribution in [1.82, 2.24) is 0 Å². The van der Waals surface area contributed by atoms with Crippen LogP contribution in [0.15, 0.2) is 22.7 Å². The summed E-state index contributed by atoms with van der Waals surface area (Å²) in [5.41, 5.74) is -3.94. The highest BCUT2D eigenvalue weighted by Crippen LogP contribution is 2.70.